The molecule has 3 nitrogen and oxygen atoms in total. The van der Waals surface area contributed by atoms with Crippen molar-refractivity contribution in [3.8, 4) is 0 Å². The first-order chi connectivity index (χ1) is 9.11. The van der Waals surface area contributed by atoms with Crippen LogP contribution in [0, 0.1) is 0 Å². The van der Waals surface area contributed by atoms with Gasteiger partial charge in [0, 0.05) is 15.4 Å². The molecule has 2 aromatic rings. The quantitative estimate of drug-likeness (QED) is 0.860. The summed E-state index contributed by atoms with van der Waals surface area (Å²) in [6.07, 6.45) is 1.03. The van der Waals surface area contributed by atoms with Gasteiger partial charge in [0.05, 0.1) is 11.6 Å². The van der Waals surface area contributed by atoms with E-state index in [0.29, 0.717) is 11.3 Å². The van der Waals surface area contributed by atoms with Gasteiger partial charge in [-0.1, -0.05) is 19.1 Å². The van der Waals surface area contributed by atoms with Crippen molar-refractivity contribution in [1.29, 1.82) is 0 Å². The maximum atomic E-state index is 11.2. The van der Waals surface area contributed by atoms with Crippen LogP contribution in [0.25, 0.3) is 0 Å². The minimum Gasteiger partial charge on any atom is -0.478 e. The van der Waals surface area contributed by atoms with Crippen LogP contribution in [0.3, 0.4) is 0 Å². The second-order valence-corrected chi connectivity index (χ2v) is 5.57. The highest BCUT2D eigenvalue weighted by atomic mass is 32.1. The minimum absolute atomic E-state index is 0.103. The van der Waals surface area contributed by atoms with Crippen LogP contribution in [0.2, 0.25) is 0 Å². The summed E-state index contributed by atoms with van der Waals surface area (Å²) in [4.78, 5) is 13.7. The molecule has 0 aliphatic heterocycles. The summed E-state index contributed by atoms with van der Waals surface area (Å²) in [5.41, 5.74) is 0.968. The molecule has 0 aliphatic rings. The van der Waals surface area contributed by atoms with Gasteiger partial charge in [0.25, 0.3) is 0 Å². The summed E-state index contributed by atoms with van der Waals surface area (Å²) < 4.78 is 0. The number of hydrogen-bond donors (Lipinski definition) is 2. The average molecular weight is 275 g/mol. The van der Waals surface area contributed by atoms with E-state index in [2.05, 4.69) is 24.4 Å². The first kappa shape index (κ1) is 13.6. The zero-order valence-electron chi connectivity index (χ0n) is 11.0. The molecule has 2 N–H and O–H groups in total. The standard InChI is InChI=1S/C15H17NO2S/c1-3-11-8-9-14(19-11)10(2)16-13-7-5-4-6-12(13)15(17)18/h4-10,16H,3H2,1-2H3,(H,17,18). The predicted octanol–water partition coefficient (Wildman–Crippen LogP) is 4.18. The minimum atomic E-state index is -0.907. The molecule has 0 saturated heterocycles. The lowest BCUT2D eigenvalue weighted by Gasteiger charge is -2.15. The van der Waals surface area contributed by atoms with E-state index >= 15 is 0 Å². The topological polar surface area (TPSA) is 49.3 Å². The molecule has 1 unspecified atom stereocenters. The van der Waals surface area contributed by atoms with Crippen LogP contribution in [0.4, 0.5) is 5.69 Å². The molecule has 1 aromatic heterocycles. The molecule has 2 rings (SSSR count). The maximum Gasteiger partial charge on any atom is 0.337 e. The number of carboxylic acids is 1. The average Bonchev–Trinajstić information content (AvgIpc) is 2.88. The van der Waals surface area contributed by atoms with Crippen LogP contribution in [-0.2, 0) is 6.42 Å². The van der Waals surface area contributed by atoms with Crippen molar-refractivity contribution < 1.29 is 9.90 Å². The van der Waals surface area contributed by atoms with Crippen LogP contribution >= 0.6 is 11.3 Å². The fraction of sp³-hybridized carbons (Fsp3) is 0.267. The van der Waals surface area contributed by atoms with E-state index in [-0.39, 0.29) is 6.04 Å². The number of carboxylic acid groups (broad SMARTS) is 1. The number of anilines is 1. The molecule has 0 aliphatic carbocycles. The highest BCUT2D eigenvalue weighted by Gasteiger charge is 2.13. The molecule has 0 fully saturated rings. The Labute approximate surface area is 116 Å². The van der Waals surface area contributed by atoms with Gasteiger partial charge in [-0.05, 0) is 37.6 Å². The van der Waals surface area contributed by atoms with Crippen molar-refractivity contribution in [2.24, 2.45) is 0 Å². The number of aromatic carboxylic acids is 1. The summed E-state index contributed by atoms with van der Waals surface area (Å²) in [5, 5.41) is 12.4. The Hall–Kier alpha value is -1.81. The van der Waals surface area contributed by atoms with E-state index in [1.54, 1.807) is 29.5 Å². The highest BCUT2D eigenvalue weighted by Crippen LogP contribution is 2.27. The second-order valence-electron chi connectivity index (χ2n) is 4.37. The number of nitrogens with one attached hydrogen (secondary N) is 1. The Morgan fingerprint density at radius 1 is 1.32 bits per heavy atom. The molecule has 0 radical (unpaired) electrons. The Morgan fingerprint density at radius 3 is 2.68 bits per heavy atom. The van der Waals surface area contributed by atoms with E-state index in [4.69, 9.17) is 5.11 Å². The molecule has 100 valence electrons. The molecular weight excluding hydrogens is 258 g/mol. The van der Waals surface area contributed by atoms with Crippen molar-refractivity contribution in [3.05, 3.63) is 51.7 Å². The van der Waals surface area contributed by atoms with E-state index in [0.717, 1.165) is 6.42 Å². The zero-order chi connectivity index (χ0) is 13.8. The molecular formula is C15H17NO2S. The fourth-order valence-corrected chi connectivity index (χ4v) is 2.87. The highest BCUT2D eigenvalue weighted by molar-refractivity contribution is 7.12. The van der Waals surface area contributed by atoms with Gasteiger partial charge in [0.1, 0.15) is 0 Å². The Morgan fingerprint density at radius 2 is 2.05 bits per heavy atom. The summed E-state index contributed by atoms with van der Waals surface area (Å²) in [6, 6.07) is 11.3. The van der Waals surface area contributed by atoms with E-state index < -0.39 is 5.97 Å². The number of aryl methyl sites for hydroxylation is 1. The molecule has 1 atom stereocenters. The van der Waals surface area contributed by atoms with Crippen LogP contribution in [0.5, 0.6) is 0 Å². The molecule has 0 bridgehead atoms. The maximum absolute atomic E-state index is 11.2. The normalized spacial score (nSPS) is 12.1. The van der Waals surface area contributed by atoms with Gasteiger partial charge in [0.15, 0.2) is 0 Å². The molecule has 1 aromatic carbocycles. The monoisotopic (exact) mass is 275 g/mol. The molecule has 1 heterocycles. The Kier molecular flexibility index (Phi) is 4.22. The van der Waals surface area contributed by atoms with Gasteiger partial charge >= 0.3 is 5.97 Å². The Bertz CT molecular complexity index is 577. The first-order valence-electron chi connectivity index (χ1n) is 6.29. The number of hydrogen-bond acceptors (Lipinski definition) is 3. The number of thiophene rings is 1. The second kappa shape index (κ2) is 5.89. The fourth-order valence-electron chi connectivity index (χ4n) is 1.92. The van der Waals surface area contributed by atoms with Crippen molar-refractivity contribution in [3.63, 3.8) is 0 Å². The van der Waals surface area contributed by atoms with E-state index in [1.165, 1.54) is 9.75 Å². The van der Waals surface area contributed by atoms with Gasteiger partial charge in [-0.25, -0.2) is 4.79 Å². The number of para-hydroxylation sites is 1. The Balaban J connectivity index is 2.19. The summed E-state index contributed by atoms with van der Waals surface area (Å²) >= 11 is 1.76. The molecule has 0 spiro atoms. The van der Waals surface area contributed by atoms with Crippen LogP contribution in [-0.4, -0.2) is 11.1 Å². The number of rotatable bonds is 5. The third-order valence-electron chi connectivity index (χ3n) is 2.99. The summed E-state index contributed by atoms with van der Waals surface area (Å²) in [5.74, 6) is -0.907. The van der Waals surface area contributed by atoms with Crippen molar-refractivity contribution in [1.82, 2.24) is 0 Å². The summed E-state index contributed by atoms with van der Waals surface area (Å²) in [6.45, 7) is 4.18. The third-order valence-corrected chi connectivity index (χ3v) is 4.40. The van der Waals surface area contributed by atoms with Gasteiger partial charge < -0.3 is 10.4 Å². The first-order valence-corrected chi connectivity index (χ1v) is 7.11. The van der Waals surface area contributed by atoms with Crippen LogP contribution in [0.1, 0.15) is 40.0 Å². The lowest BCUT2D eigenvalue weighted by atomic mass is 10.1. The van der Waals surface area contributed by atoms with Crippen molar-refractivity contribution >= 4 is 23.0 Å². The largest absolute Gasteiger partial charge is 0.478 e. The van der Waals surface area contributed by atoms with E-state index in [1.807, 2.05) is 13.0 Å². The van der Waals surface area contributed by atoms with Gasteiger partial charge in [-0.2, -0.15) is 0 Å². The SMILES string of the molecule is CCc1ccc(C(C)Nc2ccccc2C(=O)O)s1. The van der Waals surface area contributed by atoms with Crippen molar-refractivity contribution in [2.75, 3.05) is 5.32 Å². The number of benzene rings is 1. The van der Waals surface area contributed by atoms with Crippen LogP contribution in [0.15, 0.2) is 36.4 Å². The lowest BCUT2D eigenvalue weighted by molar-refractivity contribution is 0.0698. The molecule has 0 amide bonds. The summed E-state index contributed by atoms with van der Waals surface area (Å²) in [7, 11) is 0. The van der Waals surface area contributed by atoms with Gasteiger partial charge in [-0.15, -0.1) is 11.3 Å². The predicted molar refractivity (Wildman–Crippen MR) is 79.1 cm³/mol. The smallest absolute Gasteiger partial charge is 0.337 e. The lowest BCUT2D eigenvalue weighted by Crippen LogP contribution is -2.09. The van der Waals surface area contributed by atoms with Gasteiger partial charge in [-0.3, -0.25) is 0 Å². The molecule has 0 saturated carbocycles. The molecule has 19 heavy (non-hydrogen) atoms. The van der Waals surface area contributed by atoms with Gasteiger partial charge in [0.2, 0.25) is 0 Å². The number of carbonyl (C=O) groups is 1. The van der Waals surface area contributed by atoms with Crippen LogP contribution < -0.4 is 5.32 Å². The van der Waals surface area contributed by atoms with E-state index in [9.17, 15) is 4.79 Å². The molecule has 4 heteroatoms. The van der Waals surface area contributed by atoms with Crippen molar-refractivity contribution in [2.45, 2.75) is 26.3 Å². The third kappa shape index (κ3) is 3.15. The zero-order valence-corrected chi connectivity index (χ0v) is 11.8.